The highest BCUT2D eigenvalue weighted by Gasteiger charge is 2.20. The maximum absolute atomic E-state index is 12.3. The van der Waals surface area contributed by atoms with Crippen molar-refractivity contribution < 1.29 is 4.79 Å². The molecule has 2 aromatic heterocycles. The monoisotopic (exact) mass is 428 g/mol. The lowest BCUT2D eigenvalue weighted by Gasteiger charge is -2.13. The molecule has 2 heterocycles. The van der Waals surface area contributed by atoms with Gasteiger partial charge in [-0.25, -0.2) is 9.97 Å². The van der Waals surface area contributed by atoms with Gasteiger partial charge in [0.1, 0.15) is 34.4 Å². The first-order chi connectivity index (χ1) is 14.9. The van der Waals surface area contributed by atoms with Gasteiger partial charge in [-0.1, -0.05) is 35.9 Å². The summed E-state index contributed by atoms with van der Waals surface area (Å²) in [4.78, 5) is 20.7. The Balaban J connectivity index is 1.82. The molecule has 0 saturated heterocycles. The van der Waals surface area contributed by atoms with E-state index in [2.05, 4.69) is 27.4 Å². The van der Waals surface area contributed by atoms with E-state index >= 15 is 0 Å². The van der Waals surface area contributed by atoms with E-state index in [0.717, 1.165) is 16.7 Å². The number of nitrogen functional groups attached to an aromatic ring is 1. The quantitative estimate of drug-likeness (QED) is 0.563. The predicted octanol–water partition coefficient (Wildman–Crippen LogP) is 4.21. The Labute approximate surface area is 184 Å². The van der Waals surface area contributed by atoms with E-state index in [1.807, 2.05) is 44.2 Å². The van der Waals surface area contributed by atoms with Gasteiger partial charge in [0.2, 0.25) is 5.91 Å². The Morgan fingerprint density at radius 3 is 2.48 bits per heavy atom. The number of hydrogen-bond acceptors (Lipinski definition) is 7. The highest BCUT2D eigenvalue weighted by molar-refractivity contribution is 7.99. The number of carbonyl (C=O) groups excluding carboxylic acids is 1. The third-order valence-electron chi connectivity index (χ3n) is 4.59. The summed E-state index contributed by atoms with van der Waals surface area (Å²) in [7, 11) is 0. The van der Waals surface area contributed by atoms with E-state index in [-0.39, 0.29) is 29.3 Å². The molecular weight excluding hydrogens is 408 g/mol. The molecule has 0 aliphatic carbocycles. The minimum Gasteiger partial charge on any atom is -0.383 e. The van der Waals surface area contributed by atoms with Crippen molar-refractivity contribution in [2.24, 2.45) is 0 Å². The van der Waals surface area contributed by atoms with Crippen LogP contribution in [0.3, 0.4) is 0 Å². The summed E-state index contributed by atoms with van der Waals surface area (Å²) in [6.45, 7) is 3.83. The minimum atomic E-state index is -0.187. The fourth-order valence-corrected chi connectivity index (χ4v) is 3.90. The molecule has 154 valence electrons. The molecule has 0 aliphatic rings. The molecule has 31 heavy (non-hydrogen) atoms. The summed E-state index contributed by atoms with van der Waals surface area (Å²) in [5.41, 5.74) is 9.61. The van der Waals surface area contributed by atoms with Crippen LogP contribution in [-0.2, 0) is 4.79 Å². The molecule has 7 nitrogen and oxygen atoms in total. The lowest BCUT2D eigenvalue weighted by molar-refractivity contribution is -0.115. The normalized spacial score (nSPS) is 10.2. The Kier molecular flexibility index (Phi) is 6.86. The topological polar surface area (TPSA) is 128 Å². The van der Waals surface area contributed by atoms with E-state index in [1.54, 1.807) is 12.3 Å². The number of rotatable bonds is 6. The first-order valence-electron chi connectivity index (χ1n) is 9.49. The second-order valence-corrected chi connectivity index (χ2v) is 7.92. The summed E-state index contributed by atoms with van der Waals surface area (Å²) in [5, 5.41) is 22.6. The molecule has 0 aliphatic heterocycles. The van der Waals surface area contributed by atoms with Crippen molar-refractivity contribution in [1.29, 1.82) is 10.5 Å². The molecule has 0 saturated carbocycles. The lowest BCUT2D eigenvalue weighted by Crippen LogP contribution is -2.14. The van der Waals surface area contributed by atoms with Crippen molar-refractivity contribution in [3.63, 3.8) is 0 Å². The number of carbonyl (C=O) groups is 1. The zero-order valence-corrected chi connectivity index (χ0v) is 18.0. The third kappa shape index (κ3) is 5.00. The molecule has 3 N–H and O–H groups in total. The van der Waals surface area contributed by atoms with Crippen LogP contribution >= 0.6 is 11.8 Å². The van der Waals surface area contributed by atoms with Crippen molar-refractivity contribution >= 4 is 29.3 Å². The van der Waals surface area contributed by atoms with Gasteiger partial charge in [0.15, 0.2) is 0 Å². The summed E-state index contributed by atoms with van der Waals surface area (Å²) in [6.07, 6.45) is 1.82. The molecule has 0 spiro atoms. The predicted molar refractivity (Wildman–Crippen MR) is 121 cm³/mol. The number of aryl methyl sites for hydroxylation is 2. The van der Waals surface area contributed by atoms with Crippen molar-refractivity contribution in [2.45, 2.75) is 25.3 Å². The number of pyridine rings is 2. The fourth-order valence-electron chi connectivity index (χ4n) is 2.96. The Morgan fingerprint density at radius 2 is 1.84 bits per heavy atom. The summed E-state index contributed by atoms with van der Waals surface area (Å²) >= 11 is 1.26. The number of aromatic nitrogens is 2. The molecule has 0 bridgehead atoms. The molecule has 0 unspecified atom stereocenters. The maximum Gasteiger partial charge on any atom is 0.226 e. The zero-order valence-electron chi connectivity index (χ0n) is 17.1. The molecule has 3 aromatic rings. The van der Waals surface area contributed by atoms with Crippen LogP contribution in [0.5, 0.6) is 0 Å². The van der Waals surface area contributed by atoms with Crippen LogP contribution in [0.15, 0.2) is 47.6 Å². The number of thioether (sulfide) groups is 1. The second kappa shape index (κ2) is 9.75. The van der Waals surface area contributed by atoms with Crippen molar-refractivity contribution in [3.05, 3.63) is 64.8 Å². The molecule has 1 aromatic carbocycles. The van der Waals surface area contributed by atoms with Crippen LogP contribution in [0.1, 0.15) is 28.7 Å². The largest absolute Gasteiger partial charge is 0.383 e. The average molecular weight is 429 g/mol. The number of benzene rings is 1. The van der Waals surface area contributed by atoms with E-state index < -0.39 is 0 Å². The number of nitrogens with zero attached hydrogens (tertiary/aromatic N) is 4. The molecular formula is C23H20N6OS. The molecule has 0 fully saturated rings. The number of anilines is 2. The van der Waals surface area contributed by atoms with Crippen molar-refractivity contribution in [3.8, 4) is 23.3 Å². The van der Waals surface area contributed by atoms with E-state index in [4.69, 9.17) is 5.73 Å². The Hall–Kier alpha value is -3.88. The standard InChI is InChI=1S/C23H20N6OS/c1-14-5-7-16(8-6-14)20-17(12-24)21(26)29-23(18(20)13-25)31-11-9-19(30)28-22-15(2)4-3-10-27-22/h3-8,10H,9,11H2,1-2H3,(H2,26,29)(H,27,28,30). The number of nitriles is 2. The van der Waals surface area contributed by atoms with Gasteiger partial charge < -0.3 is 11.1 Å². The molecule has 0 atom stereocenters. The lowest BCUT2D eigenvalue weighted by atomic mass is 9.96. The summed E-state index contributed by atoms with van der Waals surface area (Å²) in [5.74, 6) is 0.789. The third-order valence-corrected chi connectivity index (χ3v) is 5.57. The van der Waals surface area contributed by atoms with Crippen molar-refractivity contribution in [1.82, 2.24) is 9.97 Å². The minimum absolute atomic E-state index is 0.0631. The van der Waals surface area contributed by atoms with Crippen LogP contribution < -0.4 is 11.1 Å². The fraction of sp³-hybridized carbons (Fsp3) is 0.174. The van der Waals surface area contributed by atoms with Gasteiger partial charge in [0, 0.05) is 23.9 Å². The molecule has 3 rings (SSSR count). The van der Waals surface area contributed by atoms with Gasteiger partial charge in [-0.2, -0.15) is 10.5 Å². The highest BCUT2D eigenvalue weighted by atomic mass is 32.2. The average Bonchev–Trinajstić information content (AvgIpc) is 2.75. The summed E-state index contributed by atoms with van der Waals surface area (Å²) in [6, 6.07) is 15.4. The van der Waals surface area contributed by atoms with E-state index in [0.29, 0.717) is 22.2 Å². The number of nitrogens with one attached hydrogen (secondary N) is 1. The highest BCUT2D eigenvalue weighted by Crippen LogP contribution is 2.35. The van der Waals surface area contributed by atoms with Gasteiger partial charge in [-0.15, -0.1) is 11.8 Å². The zero-order chi connectivity index (χ0) is 22.4. The smallest absolute Gasteiger partial charge is 0.226 e. The van der Waals surface area contributed by atoms with E-state index in [9.17, 15) is 15.3 Å². The van der Waals surface area contributed by atoms with E-state index in [1.165, 1.54) is 11.8 Å². The Bertz CT molecular complexity index is 1210. The van der Waals surface area contributed by atoms with Gasteiger partial charge in [0.25, 0.3) is 0 Å². The van der Waals surface area contributed by atoms with Gasteiger partial charge in [0.05, 0.1) is 5.56 Å². The van der Waals surface area contributed by atoms with Crippen LogP contribution in [0.4, 0.5) is 11.6 Å². The molecule has 1 amide bonds. The first kappa shape index (κ1) is 21.8. The number of amides is 1. The molecule has 8 heteroatoms. The SMILES string of the molecule is Cc1ccc(-c2c(C#N)c(N)nc(SCCC(=O)Nc3ncccc3C)c2C#N)cc1. The molecule has 0 radical (unpaired) electrons. The summed E-state index contributed by atoms with van der Waals surface area (Å²) < 4.78 is 0. The first-order valence-corrected chi connectivity index (χ1v) is 10.5. The van der Waals surface area contributed by atoms with Crippen LogP contribution in [0, 0.1) is 36.5 Å². The van der Waals surface area contributed by atoms with Crippen LogP contribution in [0.25, 0.3) is 11.1 Å². The van der Waals surface area contributed by atoms with Crippen LogP contribution in [-0.4, -0.2) is 21.6 Å². The van der Waals surface area contributed by atoms with Crippen molar-refractivity contribution in [2.75, 3.05) is 16.8 Å². The maximum atomic E-state index is 12.3. The number of nitrogens with two attached hydrogens (primary N) is 1. The van der Waals surface area contributed by atoms with Gasteiger partial charge in [-0.05, 0) is 31.0 Å². The van der Waals surface area contributed by atoms with Gasteiger partial charge >= 0.3 is 0 Å². The number of hydrogen-bond donors (Lipinski definition) is 2. The second-order valence-electron chi connectivity index (χ2n) is 6.83. The van der Waals surface area contributed by atoms with Crippen LogP contribution in [0.2, 0.25) is 0 Å². The Morgan fingerprint density at radius 1 is 1.13 bits per heavy atom. The van der Waals surface area contributed by atoms with Gasteiger partial charge in [-0.3, -0.25) is 4.79 Å².